The number of nitrogens with two attached hydrogens (primary N) is 1. The van der Waals surface area contributed by atoms with Crippen molar-refractivity contribution in [2.75, 3.05) is 6.61 Å². The molecule has 0 saturated heterocycles. The number of aliphatic carboxylic acids is 1. The normalized spacial score (nSPS) is 10.8. The van der Waals surface area contributed by atoms with Crippen molar-refractivity contribution in [3.05, 3.63) is 27.8 Å². The molecular formula is C13H21ClIrNO3. The van der Waals surface area contributed by atoms with Crippen LogP contribution in [0.4, 0.5) is 0 Å². The summed E-state index contributed by atoms with van der Waals surface area (Å²) in [6, 6.07) is -1.24. The predicted octanol–water partition coefficient (Wildman–Crippen LogP) is 0.691. The SMILES string of the molecule is Cc1c(C)c(C)[c-](C)c1C.N[C@@H](CO)C(=O)[O-].[Cl][Ir+2]. The number of aliphatic hydroxyl groups excluding tert-OH is 1. The van der Waals surface area contributed by atoms with Crippen molar-refractivity contribution in [1.29, 1.82) is 0 Å². The van der Waals surface area contributed by atoms with Gasteiger partial charge < -0.3 is 20.7 Å². The Bertz CT molecular complexity index is 325. The molecule has 0 saturated carbocycles. The van der Waals surface area contributed by atoms with Crippen LogP contribution in [-0.4, -0.2) is 23.7 Å². The van der Waals surface area contributed by atoms with E-state index in [1.807, 2.05) is 0 Å². The first-order valence-electron chi connectivity index (χ1n) is 5.63. The zero-order chi connectivity index (χ0) is 15.7. The number of carbonyl (C=O) groups is 1. The molecule has 19 heavy (non-hydrogen) atoms. The first kappa shape index (κ1) is 21.0. The molecule has 1 aromatic carbocycles. The molecule has 1 atom stereocenters. The molecule has 0 aliphatic carbocycles. The van der Waals surface area contributed by atoms with Crippen LogP contribution < -0.4 is 10.8 Å². The van der Waals surface area contributed by atoms with Crippen LogP contribution in [-0.2, 0) is 22.7 Å². The van der Waals surface area contributed by atoms with Gasteiger partial charge in [-0.25, -0.2) is 0 Å². The molecule has 0 unspecified atom stereocenters. The quantitative estimate of drug-likeness (QED) is 0.628. The van der Waals surface area contributed by atoms with E-state index < -0.39 is 18.6 Å². The summed E-state index contributed by atoms with van der Waals surface area (Å²) in [5.74, 6) is -1.43. The van der Waals surface area contributed by atoms with Gasteiger partial charge in [0.05, 0.1) is 18.6 Å². The van der Waals surface area contributed by atoms with Gasteiger partial charge in [0.1, 0.15) is 0 Å². The summed E-state index contributed by atoms with van der Waals surface area (Å²) < 4.78 is 0. The van der Waals surface area contributed by atoms with E-state index >= 15 is 0 Å². The third-order valence-electron chi connectivity index (χ3n) is 3.31. The number of halogens is 1. The van der Waals surface area contributed by atoms with Gasteiger partial charge in [0.2, 0.25) is 0 Å². The van der Waals surface area contributed by atoms with Crippen molar-refractivity contribution in [2.45, 2.75) is 40.7 Å². The van der Waals surface area contributed by atoms with Crippen molar-refractivity contribution in [3.63, 3.8) is 0 Å². The standard InChI is InChI=1S/C10H15.C3H7NO3.ClH.Ir/c1-6-7(2)9(4)10(5)8(6)3;4-2(1-5)3(6)7;;/h1-5H3;2,5H,1,4H2,(H,6,7);1H;/q-1;;;+3/p-2/t;2-;;/m.0../s1. The van der Waals surface area contributed by atoms with Crippen molar-refractivity contribution < 1.29 is 32.9 Å². The number of hydrogen-bond acceptors (Lipinski definition) is 4. The molecule has 0 heterocycles. The van der Waals surface area contributed by atoms with Crippen LogP contribution in [0.15, 0.2) is 0 Å². The molecule has 0 aliphatic rings. The molecule has 0 spiro atoms. The van der Waals surface area contributed by atoms with Gasteiger partial charge in [-0.1, -0.05) is 34.6 Å². The van der Waals surface area contributed by atoms with E-state index in [-0.39, 0.29) is 0 Å². The van der Waals surface area contributed by atoms with E-state index in [0.717, 1.165) is 0 Å². The Morgan fingerprint density at radius 3 is 1.68 bits per heavy atom. The third-order valence-corrected chi connectivity index (χ3v) is 3.31. The van der Waals surface area contributed by atoms with Gasteiger partial charge >= 0.3 is 27.5 Å². The van der Waals surface area contributed by atoms with Gasteiger partial charge in [-0.3, -0.25) is 0 Å². The Kier molecular flexibility index (Phi) is 11.6. The second-order valence-electron chi connectivity index (χ2n) is 4.23. The van der Waals surface area contributed by atoms with Crippen LogP contribution in [0.25, 0.3) is 0 Å². The Morgan fingerprint density at radius 2 is 1.63 bits per heavy atom. The van der Waals surface area contributed by atoms with E-state index in [0.29, 0.717) is 0 Å². The second-order valence-corrected chi connectivity index (χ2v) is 4.23. The second kappa shape index (κ2) is 10.5. The number of aliphatic hydroxyl groups is 1. The Labute approximate surface area is 129 Å². The monoisotopic (exact) mass is 467 g/mol. The molecular weight excluding hydrogens is 446 g/mol. The molecule has 0 aliphatic heterocycles. The van der Waals surface area contributed by atoms with Gasteiger partial charge in [0.25, 0.3) is 0 Å². The van der Waals surface area contributed by atoms with Gasteiger partial charge in [-0.2, -0.15) is 27.8 Å². The molecule has 112 valence electrons. The molecule has 0 amide bonds. The molecule has 1 aromatic rings. The molecule has 1 rings (SSSR count). The van der Waals surface area contributed by atoms with Gasteiger partial charge in [0, 0.05) is 0 Å². The Hall–Kier alpha value is -0.321. The average Bonchev–Trinajstić information content (AvgIpc) is 2.59. The topological polar surface area (TPSA) is 86.4 Å². The van der Waals surface area contributed by atoms with E-state index in [9.17, 15) is 9.90 Å². The molecule has 0 aromatic heterocycles. The van der Waals surface area contributed by atoms with E-state index in [4.69, 9.17) is 10.8 Å². The predicted molar refractivity (Wildman–Crippen MR) is 71.6 cm³/mol. The first-order valence-corrected chi connectivity index (χ1v) is 8.60. The number of carbonyl (C=O) groups excluding carboxylic acids is 1. The van der Waals surface area contributed by atoms with Crippen molar-refractivity contribution in [3.8, 4) is 0 Å². The van der Waals surface area contributed by atoms with Gasteiger partial charge in [0.15, 0.2) is 0 Å². The summed E-state index contributed by atoms with van der Waals surface area (Å²) in [6.45, 7) is 10.4. The Balaban J connectivity index is 0. The summed E-state index contributed by atoms with van der Waals surface area (Å²) in [6.07, 6.45) is 0. The molecule has 0 fully saturated rings. The van der Waals surface area contributed by atoms with Crippen molar-refractivity contribution in [1.82, 2.24) is 0 Å². The number of carboxylic acids is 1. The zero-order valence-corrected chi connectivity index (χ0v) is 15.0. The molecule has 3 N–H and O–H groups in total. The summed E-state index contributed by atoms with van der Waals surface area (Å²) >= 11 is 1.47. The van der Waals surface area contributed by atoms with Gasteiger partial charge in [-0.15, -0.1) is 0 Å². The number of hydrogen-bond donors (Lipinski definition) is 2. The summed E-state index contributed by atoms with van der Waals surface area (Å²) in [5.41, 5.74) is 12.0. The van der Waals surface area contributed by atoms with Crippen LogP contribution in [0.2, 0.25) is 0 Å². The number of rotatable bonds is 2. The molecule has 6 heteroatoms. The zero-order valence-electron chi connectivity index (χ0n) is 11.8. The fraction of sp³-hybridized carbons (Fsp3) is 0.538. The minimum atomic E-state index is -1.43. The van der Waals surface area contributed by atoms with Crippen molar-refractivity contribution >= 4 is 15.6 Å². The fourth-order valence-electron chi connectivity index (χ4n) is 1.48. The van der Waals surface area contributed by atoms with Crippen molar-refractivity contribution in [2.24, 2.45) is 5.73 Å². The van der Waals surface area contributed by atoms with Crippen LogP contribution >= 0.6 is 9.58 Å². The number of carboxylic acid groups (broad SMARTS) is 1. The van der Waals surface area contributed by atoms with Gasteiger partial charge in [-0.05, 0) is 0 Å². The first-order chi connectivity index (χ1) is 8.73. The maximum atomic E-state index is 9.53. The fourth-order valence-corrected chi connectivity index (χ4v) is 1.48. The van der Waals surface area contributed by atoms with Crippen LogP contribution in [0, 0.1) is 34.6 Å². The summed E-state index contributed by atoms with van der Waals surface area (Å²) in [7, 11) is 4.64. The van der Waals surface area contributed by atoms with E-state index in [1.54, 1.807) is 0 Å². The molecule has 0 radical (unpaired) electrons. The van der Waals surface area contributed by atoms with Crippen LogP contribution in [0.5, 0.6) is 0 Å². The summed E-state index contributed by atoms with van der Waals surface area (Å²) in [5, 5.41) is 17.5. The summed E-state index contributed by atoms with van der Waals surface area (Å²) in [4.78, 5) is 9.53. The maximum absolute atomic E-state index is 9.53. The van der Waals surface area contributed by atoms with Crippen LogP contribution in [0.1, 0.15) is 27.8 Å². The van der Waals surface area contributed by atoms with Crippen LogP contribution in [0.3, 0.4) is 0 Å². The average molecular weight is 467 g/mol. The van der Waals surface area contributed by atoms with E-state index in [2.05, 4.69) is 44.2 Å². The van der Waals surface area contributed by atoms with E-state index in [1.165, 1.54) is 45.7 Å². The minimum absolute atomic E-state index is 0.567. The molecule has 0 bridgehead atoms. The third kappa shape index (κ3) is 6.59. The molecule has 4 nitrogen and oxygen atoms in total. The Morgan fingerprint density at radius 1 is 1.32 bits per heavy atom.